The Labute approximate surface area is 312 Å². The number of fused-ring (bicyclic) bond motifs is 14. The first-order valence-electron chi connectivity index (χ1n) is 18.0. The summed E-state index contributed by atoms with van der Waals surface area (Å²) in [5.41, 5.74) is 7.18. The molecule has 1 aliphatic heterocycles. The largest absolute Gasteiger partial charge is 0.317 e. The van der Waals surface area contributed by atoms with E-state index in [2.05, 4.69) is 174 Å². The van der Waals surface area contributed by atoms with E-state index in [4.69, 9.17) is 4.99 Å². The zero-order valence-corrected chi connectivity index (χ0v) is 30.0. The van der Waals surface area contributed by atoms with Gasteiger partial charge in [-0.25, -0.2) is 4.99 Å². The standard InChI is InChI=1S/C48H29N3S2/c1-2-12-31-27-32(26-23-28(31)11-1)29-21-24-30(25-22-29)44-43-37-17-7-10-20-40(37)53-47(43)50-48(49-44)51-38-18-8-5-15-35(38)41-42-36-16-6-9-19-39(36)52-46(42)34-14-4-3-13-33(34)45(41)51/h1-27,44H,(H,49,50). The molecule has 0 bridgehead atoms. The van der Waals surface area contributed by atoms with Gasteiger partial charge in [-0.15, -0.1) is 22.7 Å². The third kappa shape index (κ3) is 4.23. The minimum absolute atomic E-state index is 0.184. The lowest BCUT2D eigenvalue weighted by Gasteiger charge is -2.25. The van der Waals surface area contributed by atoms with E-state index in [1.165, 1.54) is 90.3 Å². The molecule has 53 heavy (non-hydrogen) atoms. The smallest absolute Gasteiger partial charge is 0.209 e. The Morgan fingerprint density at radius 1 is 0.509 bits per heavy atom. The maximum absolute atomic E-state index is 5.72. The van der Waals surface area contributed by atoms with Crippen molar-refractivity contribution in [2.24, 2.45) is 4.99 Å². The van der Waals surface area contributed by atoms with Crippen LogP contribution < -0.4 is 5.32 Å². The van der Waals surface area contributed by atoms with Crippen LogP contribution in [0.25, 0.3) is 84.7 Å². The average Bonchev–Trinajstić information content (AvgIpc) is 3.90. The first-order valence-corrected chi connectivity index (χ1v) is 19.6. The van der Waals surface area contributed by atoms with Crippen molar-refractivity contribution >= 4 is 107 Å². The van der Waals surface area contributed by atoms with Crippen LogP contribution in [0.15, 0.2) is 169 Å². The van der Waals surface area contributed by atoms with Crippen molar-refractivity contribution < 1.29 is 0 Å². The Hall–Kier alpha value is -6.27. The maximum atomic E-state index is 5.72. The van der Waals surface area contributed by atoms with E-state index < -0.39 is 0 Å². The molecule has 0 saturated heterocycles. The Kier molecular flexibility index (Phi) is 6.15. The third-order valence-corrected chi connectivity index (χ3v) is 13.4. The van der Waals surface area contributed by atoms with Gasteiger partial charge in [0.25, 0.3) is 0 Å². The Balaban J connectivity index is 1.12. The van der Waals surface area contributed by atoms with Gasteiger partial charge in [0, 0.05) is 57.4 Å². The molecule has 0 aliphatic carbocycles. The summed E-state index contributed by atoms with van der Waals surface area (Å²) in [5, 5.41) is 16.5. The lowest BCUT2D eigenvalue weighted by Crippen LogP contribution is -2.26. The predicted molar refractivity (Wildman–Crippen MR) is 229 cm³/mol. The SMILES string of the molecule is c1ccc2cc(-c3ccc(C4N=C(n5c6ccccc6c6c7c8ccccc8sc7c7ccccc7c65)Nc5sc6ccccc6c54)cc3)ccc2c1. The zero-order chi connectivity index (χ0) is 34.6. The van der Waals surface area contributed by atoms with Crippen LogP contribution in [0.3, 0.4) is 0 Å². The minimum Gasteiger partial charge on any atom is -0.317 e. The summed E-state index contributed by atoms with van der Waals surface area (Å²) >= 11 is 3.71. The number of benzene rings is 8. The van der Waals surface area contributed by atoms with Gasteiger partial charge in [0.05, 0.1) is 11.0 Å². The van der Waals surface area contributed by atoms with Gasteiger partial charge in [-0.2, -0.15) is 0 Å². The molecule has 3 nitrogen and oxygen atoms in total. The molecule has 248 valence electrons. The molecule has 11 aromatic rings. The summed E-state index contributed by atoms with van der Waals surface area (Å²) in [6.45, 7) is 0. The fraction of sp³-hybridized carbons (Fsp3) is 0.0208. The van der Waals surface area contributed by atoms with Crippen molar-refractivity contribution in [2.45, 2.75) is 6.04 Å². The number of thiophene rings is 2. The molecule has 4 heterocycles. The molecule has 0 amide bonds. The zero-order valence-electron chi connectivity index (χ0n) is 28.4. The van der Waals surface area contributed by atoms with Crippen LogP contribution in [0, 0.1) is 0 Å². The number of aromatic nitrogens is 1. The quantitative estimate of drug-likeness (QED) is 0.190. The number of anilines is 1. The van der Waals surface area contributed by atoms with Crippen LogP contribution in [0.2, 0.25) is 0 Å². The van der Waals surface area contributed by atoms with Gasteiger partial charge >= 0.3 is 0 Å². The van der Waals surface area contributed by atoms with Crippen LogP contribution >= 0.6 is 22.7 Å². The van der Waals surface area contributed by atoms with Crippen LogP contribution in [0.5, 0.6) is 0 Å². The van der Waals surface area contributed by atoms with Gasteiger partial charge in [0.2, 0.25) is 5.96 Å². The number of nitrogens with one attached hydrogen (secondary N) is 1. The Bertz CT molecular complexity index is 3320. The number of hydrogen-bond donors (Lipinski definition) is 1. The highest BCUT2D eigenvalue weighted by Gasteiger charge is 2.31. The molecule has 0 radical (unpaired) electrons. The van der Waals surface area contributed by atoms with Gasteiger partial charge in [0.15, 0.2) is 0 Å². The summed E-state index contributed by atoms with van der Waals surface area (Å²) < 4.78 is 6.32. The predicted octanol–water partition coefficient (Wildman–Crippen LogP) is 13.8. The third-order valence-electron chi connectivity index (χ3n) is 11.1. The fourth-order valence-electron chi connectivity index (χ4n) is 8.67. The molecule has 3 aromatic heterocycles. The first-order chi connectivity index (χ1) is 26.3. The van der Waals surface area contributed by atoms with E-state index in [-0.39, 0.29) is 6.04 Å². The molecule has 12 rings (SSSR count). The minimum atomic E-state index is -0.184. The fourth-order valence-corrected chi connectivity index (χ4v) is 11.0. The van der Waals surface area contributed by atoms with Crippen LogP contribution in [-0.4, -0.2) is 10.5 Å². The van der Waals surface area contributed by atoms with Gasteiger partial charge < -0.3 is 5.32 Å². The second kappa shape index (κ2) is 11.1. The lowest BCUT2D eigenvalue weighted by molar-refractivity contribution is 0.865. The summed E-state index contributed by atoms with van der Waals surface area (Å²) in [7, 11) is 0. The maximum Gasteiger partial charge on any atom is 0.209 e. The number of nitrogens with zero attached hydrogens (tertiary/aromatic N) is 2. The molecule has 1 unspecified atom stereocenters. The number of hydrogen-bond acceptors (Lipinski definition) is 4. The number of rotatable bonds is 2. The van der Waals surface area contributed by atoms with Crippen molar-refractivity contribution in [1.82, 2.24) is 4.57 Å². The molecule has 1 N–H and O–H groups in total. The Morgan fingerprint density at radius 3 is 1.98 bits per heavy atom. The van der Waals surface area contributed by atoms with E-state index >= 15 is 0 Å². The summed E-state index contributed by atoms with van der Waals surface area (Å²) in [6, 6.07) is 59.6. The second-order valence-corrected chi connectivity index (χ2v) is 16.0. The second-order valence-electron chi connectivity index (χ2n) is 13.9. The van der Waals surface area contributed by atoms with Gasteiger partial charge in [0.1, 0.15) is 11.0 Å². The molecule has 0 saturated carbocycles. The van der Waals surface area contributed by atoms with Gasteiger partial charge in [-0.1, -0.05) is 140 Å². The number of para-hydroxylation sites is 1. The topological polar surface area (TPSA) is 29.3 Å². The molecule has 1 aliphatic rings. The highest BCUT2D eigenvalue weighted by atomic mass is 32.1. The van der Waals surface area contributed by atoms with Crippen molar-refractivity contribution in [1.29, 1.82) is 0 Å². The van der Waals surface area contributed by atoms with Crippen molar-refractivity contribution in [2.75, 3.05) is 5.32 Å². The molecule has 5 heteroatoms. The molecular formula is C48H29N3S2. The Morgan fingerprint density at radius 2 is 1.15 bits per heavy atom. The van der Waals surface area contributed by atoms with Gasteiger partial charge in [-0.05, 0) is 51.7 Å². The van der Waals surface area contributed by atoms with Gasteiger partial charge in [-0.3, -0.25) is 4.57 Å². The van der Waals surface area contributed by atoms with E-state index in [9.17, 15) is 0 Å². The average molecular weight is 712 g/mol. The molecule has 8 aromatic carbocycles. The normalized spacial score (nSPS) is 14.5. The van der Waals surface area contributed by atoms with E-state index in [1.807, 2.05) is 22.7 Å². The van der Waals surface area contributed by atoms with E-state index in [0.29, 0.717) is 0 Å². The molecule has 0 fully saturated rings. The highest BCUT2D eigenvalue weighted by molar-refractivity contribution is 7.27. The van der Waals surface area contributed by atoms with Crippen LogP contribution in [0.4, 0.5) is 5.00 Å². The summed E-state index contributed by atoms with van der Waals surface area (Å²) in [5.74, 6) is 0.850. The lowest BCUT2D eigenvalue weighted by atomic mass is 9.94. The summed E-state index contributed by atoms with van der Waals surface area (Å²) in [6.07, 6.45) is 0. The molecule has 1 atom stereocenters. The number of aliphatic imine (C=N–C) groups is 1. The van der Waals surface area contributed by atoms with Crippen molar-refractivity contribution in [3.63, 3.8) is 0 Å². The monoisotopic (exact) mass is 711 g/mol. The first kappa shape index (κ1) is 29.3. The van der Waals surface area contributed by atoms with E-state index in [1.54, 1.807) is 0 Å². The van der Waals surface area contributed by atoms with Crippen molar-refractivity contribution in [3.8, 4) is 11.1 Å². The van der Waals surface area contributed by atoms with E-state index in [0.717, 1.165) is 16.5 Å². The summed E-state index contributed by atoms with van der Waals surface area (Å²) in [4.78, 5) is 5.72. The van der Waals surface area contributed by atoms with Crippen LogP contribution in [0.1, 0.15) is 17.2 Å². The van der Waals surface area contributed by atoms with Crippen molar-refractivity contribution in [3.05, 3.63) is 175 Å². The van der Waals surface area contributed by atoms with Crippen LogP contribution in [-0.2, 0) is 0 Å². The highest BCUT2D eigenvalue weighted by Crippen LogP contribution is 2.49. The molecule has 0 spiro atoms. The molecular weight excluding hydrogens is 683 g/mol.